The number of carboxylic acid groups (broad SMARTS) is 1. The van der Waals surface area contributed by atoms with Crippen molar-refractivity contribution in [3.05, 3.63) is 30.4 Å². The minimum Gasteiger partial charge on any atom is -0.475 e. The van der Waals surface area contributed by atoms with Crippen molar-refractivity contribution in [2.75, 3.05) is 44.4 Å². The molecule has 36 heavy (non-hydrogen) atoms. The van der Waals surface area contributed by atoms with Crippen LogP contribution in [0, 0.1) is 5.92 Å². The Morgan fingerprint density at radius 3 is 2.25 bits per heavy atom. The highest BCUT2D eigenvalue weighted by atomic mass is 19.4. The molecule has 5 rings (SSSR count). The van der Waals surface area contributed by atoms with Crippen LogP contribution < -0.4 is 4.90 Å². The van der Waals surface area contributed by atoms with E-state index in [4.69, 9.17) is 19.5 Å². The van der Waals surface area contributed by atoms with Crippen molar-refractivity contribution in [1.29, 1.82) is 0 Å². The smallest absolute Gasteiger partial charge is 0.475 e. The molecule has 2 aliphatic heterocycles. The van der Waals surface area contributed by atoms with Crippen LogP contribution in [0.4, 0.5) is 19.1 Å². The second kappa shape index (κ2) is 11.2. The third-order valence-corrected chi connectivity index (χ3v) is 6.00. The average molecular weight is 512 g/mol. The van der Waals surface area contributed by atoms with E-state index in [0.717, 1.165) is 49.6 Å². The van der Waals surface area contributed by atoms with Crippen LogP contribution >= 0.6 is 0 Å². The van der Waals surface area contributed by atoms with E-state index < -0.39 is 12.1 Å². The molecule has 0 aromatic carbocycles. The van der Waals surface area contributed by atoms with Crippen LogP contribution in [0.2, 0.25) is 0 Å². The van der Waals surface area contributed by atoms with Gasteiger partial charge in [-0.25, -0.2) is 19.8 Å². The number of rotatable bonds is 5. The van der Waals surface area contributed by atoms with E-state index in [1.54, 1.807) is 0 Å². The molecule has 1 aliphatic carbocycles. The molecule has 0 bridgehead atoms. The number of alkyl halides is 3. The van der Waals surface area contributed by atoms with E-state index in [0.29, 0.717) is 38.0 Å². The van der Waals surface area contributed by atoms with E-state index in [2.05, 4.69) is 25.6 Å². The molecule has 0 unspecified atom stereocenters. The monoisotopic (exact) mass is 511 g/mol. The van der Waals surface area contributed by atoms with Crippen molar-refractivity contribution >= 4 is 17.8 Å². The zero-order valence-electron chi connectivity index (χ0n) is 19.6. The molecule has 0 radical (unpaired) electrons. The highest BCUT2D eigenvalue weighted by Gasteiger charge is 2.38. The summed E-state index contributed by atoms with van der Waals surface area (Å²) in [4.78, 5) is 38.8. The normalized spacial score (nSPS) is 18.4. The van der Waals surface area contributed by atoms with Crippen LogP contribution in [-0.4, -0.2) is 82.2 Å². The predicted molar refractivity (Wildman–Crippen MR) is 121 cm³/mol. The van der Waals surface area contributed by atoms with E-state index >= 15 is 0 Å². The SMILES string of the molecule is O=C(O)C(F)(F)F.O=C(c1cc(-c2cnc(N3CCOCC3)nc2)cn1CC1CC1)N1CCCCO1. The number of halogens is 3. The quantitative estimate of drug-likeness (QED) is 0.653. The number of aliphatic carboxylic acids is 1. The number of anilines is 1. The third kappa shape index (κ3) is 6.72. The predicted octanol–water partition coefficient (Wildman–Crippen LogP) is 2.99. The van der Waals surface area contributed by atoms with Gasteiger partial charge >= 0.3 is 12.1 Å². The van der Waals surface area contributed by atoms with Crippen LogP contribution in [0.15, 0.2) is 24.7 Å². The van der Waals surface area contributed by atoms with Gasteiger partial charge in [-0.15, -0.1) is 0 Å². The molecule has 3 aliphatic rings. The maximum Gasteiger partial charge on any atom is 0.490 e. The first-order valence-electron chi connectivity index (χ1n) is 11.8. The molecule has 1 N–H and O–H groups in total. The van der Waals surface area contributed by atoms with Gasteiger partial charge in [0.15, 0.2) is 0 Å². The fourth-order valence-electron chi connectivity index (χ4n) is 3.86. The summed E-state index contributed by atoms with van der Waals surface area (Å²) in [5.41, 5.74) is 2.58. The van der Waals surface area contributed by atoms with Gasteiger partial charge in [-0.1, -0.05) is 0 Å². The van der Waals surface area contributed by atoms with Crippen molar-refractivity contribution in [3.63, 3.8) is 0 Å². The number of amides is 1. The van der Waals surface area contributed by atoms with Gasteiger partial charge in [-0.2, -0.15) is 13.2 Å². The minimum atomic E-state index is -5.08. The van der Waals surface area contributed by atoms with Crippen molar-refractivity contribution in [3.8, 4) is 11.1 Å². The number of aromatic nitrogens is 3. The molecular weight excluding hydrogens is 483 g/mol. The van der Waals surface area contributed by atoms with Gasteiger partial charge in [0.25, 0.3) is 5.91 Å². The zero-order valence-corrected chi connectivity index (χ0v) is 19.6. The molecule has 13 heteroatoms. The van der Waals surface area contributed by atoms with E-state index in [9.17, 15) is 18.0 Å². The lowest BCUT2D eigenvalue weighted by atomic mass is 10.2. The second-order valence-corrected chi connectivity index (χ2v) is 8.83. The van der Waals surface area contributed by atoms with E-state index in [-0.39, 0.29) is 5.91 Å². The van der Waals surface area contributed by atoms with Crippen molar-refractivity contribution in [2.24, 2.45) is 5.92 Å². The minimum absolute atomic E-state index is 0.0533. The molecule has 0 atom stereocenters. The fraction of sp³-hybridized carbons (Fsp3) is 0.565. The first-order chi connectivity index (χ1) is 17.2. The Bertz CT molecular complexity index is 1040. The van der Waals surface area contributed by atoms with Crippen LogP contribution in [-0.2, 0) is 20.9 Å². The van der Waals surface area contributed by atoms with Crippen molar-refractivity contribution in [2.45, 2.75) is 38.4 Å². The number of carboxylic acids is 1. The van der Waals surface area contributed by atoms with Gasteiger partial charge < -0.3 is 19.3 Å². The van der Waals surface area contributed by atoms with Crippen LogP contribution in [0.5, 0.6) is 0 Å². The molecule has 1 amide bonds. The Kier molecular flexibility index (Phi) is 8.09. The Morgan fingerprint density at radius 1 is 1.03 bits per heavy atom. The number of hydrogen-bond donors (Lipinski definition) is 1. The number of hydroxylamine groups is 2. The molecule has 2 aromatic rings. The van der Waals surface area contributed by atoms with E-state index in [1.807, 2.05) is 18.5 Å². The van der Waals surface area contributed by atoms with Crippen LogP contribution in [0.3, 0.4) is 0 Å². The standard InChI is InChI=1S/C21H27N5O3.C2HF3O2/c27-20(26-5-1-2-8-29-26)19-11-17(15-25(19)14-16-3-4-16)18-12-22-21(23-13-18)24-6-9-28-10-7-24;3-2(4,5)1(6)7/h11-13,15-16H,1-10,14H2;(H,6,7). The number of nitrogens with zero attached hydrogens (tertiary/aromatic N) is 5. The Balaban J connectivity index is 0.000000384. The molecule has 3 fully saturated rings. The molecule has 2 aromatic heterocycles. The number of carbonyl (C=O) groups is 2. The number of morpholine rings is 1. The fourth-order valence-corrected chi connectivity index (χ4v) is 3.86. The summed E-state index contributed by atoms with van der Waals surface area (Å²) in [6.45, 7) is 5.18. The lowest BCUT2D eigenvalue weighted by Gasteiger charge is -2.26. The van der Waals surface area contributed by atoms with Gasteiger partial charge in [0.05, 0.1) is 19.8 Å². The largest absolute Gasteiger partial charge is 0.490 e. The summed E-state index contributed by atoms with van der Waals surface area (Å²) in [6.07, 6.45) is 5.13. The van der Waals surface area contributed by atoms with Gasteiger partial charge in [0, 0.05) is 55.9 Å². The molecule has 0 spiro atoms. The van der Waals surface area contributed by atoms with Gasteiger partial charge in [0.2, 0.25) is 5.95 Å². The van der Waals surface area contributed by atoms with Gasteiger partial charge in [-0.05, 0) is 37.7 Å². The lowest BCUT2D eigenvalue weighted by Crippen LogP contribution is -2.37. The molecule has 10 nitrogen and oxygen atoms in total. The number of ether oxygens (including phenoxy) is 1. The second-order valence-electron chi connectivity index (χ2n) is 8.83. The molecule has 1 saturated carbocycles. The summed E-state index contributed by atoms with van der Waals surface area (Å²) in [5, 5.41) is 8.64. The maximum absolute atomic E-state index is 13.1. The molecule has 4 heterocycles. The molecule has 196 valence electrons. The molecule has 2 saturated heterocycles. The highest BCUT2D eigenvalue weighted by Crippen LogP contribution is 2.33. The topological polar surface area (TPSA) is 110 Å². The average Bonchev–Trinajstić information content (AvgIpc) is 3.61. The first-order valence-corrected chi connectivity index (χ1v) is 11.8. The first kappa shape index (κ1) is 25.9. The summed E-state index contributed by atoms with van der Waals surface area (Å²) < 4.78 is 39.2. The summed E-state index contributed by atoms with van der Waals surface area (Å²) in [7, 11) is 0. The van der Waals surface area contributed by atoms with Gasteiger partial charge in [0.1, 0.15) is 5.69 Å². The Morgan fingerprint density at radius 2 is 1.69 bits per heavy atom. The summed E-state index contributed by atoms with van der Waals surface area (Å²) in [6, 6.07) is 1.95. The third-order valence-electron chi connectivity index (χ3n) is 6.00. The highest BCUT2D eigenvalue weighted by molar-refractivity contribution is 5.93. The van der Waals surface area contributed by atoms with Crippen LogP contribution in [0.25, 0.3) is 11.1 Å². The lowest BCUT2D eigenvalue weighted by molar-refractivity contribution is -0.192. The number of carbonyl (C=O) groups excluding carboxylic acids is 1. The van der Waals surface area contributed by atoms with Crippen molar-refractivity contribution < 1.29 is 37.4 Å². The number of hydrogen-bond acceptors (Lipinski definition) is 7. The Hall–Kier alpha value is -3.19. The zero-order chi connectivity index (χ0) is 25.7. The maximum atomic E-state index is 13.1. The van der Waals surface area contributed by atoms with Crippen LogP contribution in [0.1, 0.15) is 36.2 Å². The van der Waals surface area contributed by atoms with E-state index in [1.165, 1.54) is 17.9 Å². The van der Waals surface area contributed by atoms with Gasteiger partial charge in [-0.3, -0.25) is 9.63 Å². The summed E-state index contributed by atoms with van der Waals surface area (Å²) >= 11 is 0. The Labute approximate surface area is 205 Å². The molecular formula is C23H28F3N5O5. The van der Waals surface area contributed by atoms with Crippen molar-refractivity contribution in [1.82, 2.24) is 19.6 Å². The summed E-state index contributed by atoms with van der Waals surface area (Å²) in [5.74, 6) is -1.41.